The van der Waals surface area contributed by atoms with E-state index in [4.69, 9.17) is 10.5 Å². The minimum atomic E-state index is -0.470. The molecule has 0 radical (unpaired) electrons. The Morgan fingerprint density at radius 2 is 1.86 bits per heavy atom. The van der Waals surface area contributed by atoms with E-state index in [9.17, 15) is 9.59 Å². The molecule has 0 atom stereocenters. The molecule has 0 heterocycles. The minimum absolute atomic E-state index is 0.192. The first-order valence-corrected chi connectivity index (χ1v) is 6.69. The van der Waals surface area contributed by atoms with Gasteiger partial charge in [-0.05, 0) is 23.8 Å². The third-order valence-corrected chi connectivity index (χ3v) is 2.98. The van der Waals surface area contributed by atoms with E-state index in [2.05, 4.69) is 10.6 Å². The van der Waals surface area contributed by atoms with Crippen LogP contribution in [-0.2, 0) is 11.3 Å². The lowest BCUT2D eigenvalue weighted by molar-refractivity contribution is 0.0473. The fourth-order valence-electron chi connectivity index (χ4n) is 1.79. The lowest BCUT2D eigenvalue weighted by Crippen LogP contribution is -2.25. The Kier molecular flexibility index (Phi) is 4.98. The second-order valence-electron chi connectivity index (χ2n) is 4.57. The third kappa shape index (κ3) is 3.99. The highest BCUT2D eigenvalue weighted by molar-refractivity contribution is 5.96. The Morgan fingerprint density at radius 3 is 2.50 bits per heavy atom. The molecule has 2 aromatic rings. The molecule has 2 amide bonds. The Labute approximate surface area is 128 Å². The van der Waals surface area contributed by atoms with Crippen LogP contribution in [0, 0.1) is 0 Å². The van der Waals surface area contributed by atoms with Gasteiger partial charge in [0.1, 0.15) is 6.61 Å². The van der Waals surface area contributed by atoms with E-state index in [1.807, 2.05) is 30.3 Å². The topological polar surface area (TPSA) is 93.5 Å². The Balaban J connectivity index is 2.01. The molecule has 114 valence electrons. The molecule has 4 N–H and O–H groups in total. The van der Waals surface area contributed by atoms with Crippen molar-refractivity contribution in [3.63, 3.8) is 0 Å². The predicted molar refractivity (Wildman–Crippen MR) is 84.5 cm³/mol. The van der Waals surface area contributed by atoms with E-state index in [1.165, 1.54) is 13.1 Å². The summed E-state index contributed by atoms with van der Waals surface area (Å²) in [6.07, 6.45) is 0. The van der Waals surface area contributed by atoms with Crippen LogP contribution in [0.4, 0.5) is 16.2 Å². The van der Waals surface area contributed by atoms with E-state index in [0.29, 0.717) is 11.3 Å². The highest BCUT2D eigenvalue weighted by atomic mass is 16.5. The van der Waals surface area contributed by atoms with Crippen LogP contribution in [-0.4, -0.2) is 19.0 Å². The number of hydrogen-bond acceptors (Lipinski definition) is 4. The molecular formula is C16H17N3O3. The van der Waals surface area contributed by atoms with Gasteiger partial charge in [-0.3, -0.25) is 0 Å². The summed E-state index contributed by atoms with van der Waals surface area (Å²) in [6, 6.07) is 13.6. The number of anilines is 2. The molecule has 0 bridgehead atoms. The number of carbonyl (C=O) groups is 2. The fraction of sp³-hybridized carbons (Fsp3) is 0.125. The largest absolute Gasteiger partial charge is 0.457 e. The highest BCUT2D eigenvalue weighted by Crippen LogP contribution is 2.20. The molecule has 2 rings (SSSR count). The van der Waals surface area contributed by atoms with Gasteiger partial charge in [-0.2, -0.15) is 0 Å². The van der Waals surface area contributed by atoms with Gasteiger partial charge >= 0.3 is 12.0 Å². The summed E-state index contributed by atoms with van der Waals surface area (Å²) < 4.78 is 5.22. The molecule has 6 nitrogen and oxygen atoms in total. The fourth-order valence-corrected chi connectivity index (χ4v) is 1.79. The maximum Gasteiger partial charge on any atom is 0.338 e. The minimum Gasteiger partial charge on any atom is -0.457 e. The van der Waals surface area contributed by atoms with Crippen molar-refractivity contribution in [1.82, 2.24) is 5.32 Å². The molecule has 22 heavy (non-hydrogen) atoms. The molecule has 6 heteroatoms. The third-order valence-electron chi connectivity index (χ3n) is 2.98. The van der Waals surface area contributed by atoms with Gasteiger partial charge in [0.2, 0.25) is 0 Å². The van der Waals surface area contributed by atoms with Crippen LogP contribution in [0.1, 0.15) is 15.9 Å². The average Bonchev–Trinajstić information content (AvgIpc) is 2.55. The van der Waals surface area contributed by atoms with Gasteiger partial charge in [-0.25, -0.2) is 9.59 Å². The number of nitrogens with two attached hydrogens (primary N) is 1. The number of carbonyl (C=O) groups excluding carboxylic acids is 2. The molecule has 2 aromatic carbocycles. The summed E-state index contributed by atoms with van der Waals surface area (Å²) in [5.41, 5.74) is 7.77. The first-order chi connectivity index (χ1) is 10.6. The molecule has 0 fully saturated rings. The van der Waals surface area contributed by atoms with E-state index in [-0.39, 0.29) is 18.3 Å². The van der Waals surface area contributed by atoms with E-state index < -0.39 is 5.97 Å². The molecule has 0 aromatic heterocycles. The molecule has 0 saturated carbocycles. The summed E-state index contributed by atoms with van der Waals surface area (Å²) in [4.78, 5) is 23.2. The monoisotopic (exact) mass is 299 g/mol. The van der Waals surface area contributed by atoms with Crippen LogP contribution >= 0.6 is 0 Å². The molecule has 0 unspecified atom stereocenters. The number of esters is 1. The van der Waals surface area contributed by atoms with Gasteiger partial charge in [0.25, 0.3) is 0 Å². The summed E-state index contributed by atoms with van der Waals surface area (Å²) >= 11 is 0. The van der Waals surface area contributed by atoms with Gasteiger partial charge in [-0.1, -0.05) is 30.3 Å². The van der Waals surface area contributed by atoms with Crippen molar-refractivity contribution < 1.29 is 14.3 Å². The quantitative estimate of drug-likeness (QED) is 0.597. The Bertz CT molecular complexity index is 672. The van der Waals surface area contributed by atoms with Crippen LogP contribution in [0.3, 0.4) is 0 Å². The highest BCUT2D eigenvalue weighted by Gasteiger charge is 2.11. The van der Waals surface area contributed by atoms with Crippen LogP contribution < -0.4 is 16.4 Å². The number of amides is 2. The van der Waals surface area contributed by atoms with E-state index in [0.717, 1.165) is 5.56 Å². The van der Waals surface area contributed by atoms with Crippen molar-refractivity contribution in [3.8, 4) is 0 Å². The van der Waals surface area contributed by atoms with Crippen molar-refractivity contribution >= 4 is 23.4 Å². The first-order valence-electron chi connectivity index (χ1n) is 6.69. The average molecular weight is 299 g/mol. The number of nitrogen functional groups attached to an aromatic ring is 1. The molecule has 0 aliphatic heterocycles. The smallest absolute Gasteiger partial charge is 0.338 e. The lowest BCUT2D eigenvalue weighted by atomic mass is 10.1. The standard InChI is InChI=1S/C16H17N3O3/c1-18-16(21)19-14-8-7-12(9-13(14)17)15(20)22-10-11-5-3-2-4-6-11/h2-9H,10,17H2,1H3,(H2,18,19,21). The number of rotatable bonds is 4. The van der Waals surface area contributed by atoms with Gasteiger partial charge in [0, 0.05) is 7.05 Å². The SMILES string of the molecule is CNC(=O)Nc1ccc(C(=O)OCc2ccccc2)cc1N. The van der Waals surface area contributed by atoms with Crippen LogP contribution in [0.5, 0.6) is 0 Å². The van der Waals surface area contributed by atoms with Crippen LogP contribution in [0.2, 0.25) is 0 Å². The van der Waals surface area contributed by atoms with Gasteiger partial charge in [0.05, 0.1) is 16.9 Å². The summed E-state index contributed by atoms with van der Waals surface area (Å²) in [7, 11) is 1.50. The van der Waals surface area contributed by atoms with Crippen molar-refractivity contribution in [2.75, 3.05) is 18.1 Å². The lowest BCUT2D eigenvalue weighted by Gasteiger charge is -2.10. The van der Waals surface area contributed by atoms with Crippen molar-refractivity contribution in [1.29, 1.82) is 0 Å². The van der Waals surface area contributed by atoms with E-state index in [1.54, 1.807) is 12.1 Å². The Hall–Kier alpha value is -3.02. The molecule has 0 aliphatic carbocycles. The zero-order valence-corrected chi connectivity index (χ0v) is 12.1. The van der Waals surface area contributed by atoms with Gasteiger partial charge in [0.15, 0.2) is 0 Å². The van der Waals surface area contributed by atoms with Gasteiger partial charge in [-0.15, -0.1) is 0 Å². The van der Waals surface area contributed by atoms with Crippen molar-refractivity contribution in [2.45, 2.75) is 6.61 Å². The maximum atomic E-state index is 12.0. The molecule has 0 spiro atoms. The second-order valence-corrected chi connectivity index (χ2v) is 4.57. The summed E-state index contributed by atoms with van der Waals surface area (Å²) in [5.74, 6) is -0.470. The number of hydrogen-bond donors (Lipinski definition) is 3. The van der Waals surface area contributed by atoms with Crippen molar-refractivity contribution in [3.05, 3.63) is 59.7 Å². The zero-order chi connectivity index (χ0) is 15.9. The number of benzene rings is 2. The van der Waals surface area contributed by atoms with Crippen molar-refractivity contribution in [2.24, 2.45) is 0 Å². The number of nitrogens with one attached hydrogen (secondary N) is 2. The number of ether oxygens (including phenoxy) is 1. The molecular weight excluding hydrogens is 282 g/mol. The number of urea groups is 1. The predicted octanol–water partition coefficient (Wildman–Crippen LogP) is 2.38. The summed E-state index contributed by atoms with van der Waals surface area (Å²) in [6.45, 7) is 0.192. The second kappa shape index (κ2) is 7.12. The first kappa shape index (κ1) is 15.4. The van der Waals surface area contributed by atoms with E-state index >= 15 is 0 Å². The van der Waals surface area contributed by atoms with Gasteiger partial charge < -0.3 is 21.1 Å². The maximum absolute atomic E-state index is 12.0. The summed E-state index contributed by atoms with van der Waals surface area (Å²) in [5, 5.41) is 4.98. The Morgan fingerprint density at radius 1 is 1.14 bits per heavy atom. The zero-order valence-electron chi connectivity index (χ0n) is 12.1. The molecule has 0 aliphatic rings. The molecule has 0 saturated heterocycles. The normalized spacial score (nSPS) is 9.86. The van der Waals surface area contributed by atoms with Crippen LogP contribution in [0.25, 0.3) is 0 Å². The van der Waals surface area contributed by atoms with Crippen LogP contribution in [0.15, 0.2) is 48.5 Å².